The van der Waals surface area contributed by atoms with E-state index >= 15 is 0 Å². The van der Waals surface area contributed by atoms with Gasteiger partial charge in [-0.2, -0.15) is 9.97 Å². The zero-order valence-corrected chi connectivity index (χ0v) is 34.9. The Hall–Kier alpha value is -6.69. The predicted molar refractivity (Wildman–Crippen MR) is 256 cm³/mol. The van der Waals surface area contributed by atoms with Crippen molar-refractivity contribution < 1.29 is 0 Å². The molecule has 3 heterocycles. The summed E-state index contributed by atoms with van der Waals surface area (Å²) in [4.78, 5) is 16.3. The summed E-state index contributed by atoms with van der Waals surface area (Å²) >= 11 is 1.83. The summed E-state index contributed by atoms with van der Waals surface area (Å²) < 4.78 is 4.87. The fraction of sp³-hybridized carbons (Fsp3) is 0.175. The van der Waals surface area contributed by atoms with Crippen molar-refractivity contribution in [3.8, 4) is 39.9 Å². The second-order valence-corrected chi connectivity index (χ2v) is 19.9. The highest BCUT2D eigenvalue weighted by atomic mass is 32.1. The van der Waals surface area contributed by atoms with Gasteiger partial charge in [-0.05, 0) is 142 Å². The summed E-state index contributed by atoms with van der Waals surface area (Å²) in [5.74, 6) is 5.16. The Morgan fingerprint density at radius 1 is 0.435 bits per heavy atom. The van der Waals surface area contributed by atoms with E-state index in [0.717, 1.165) is 39.4 Å². The van der Waals surface area contributed by atoms with Crippen LogP contribution in [0.5, 0.6) is 0 Å². The number of fused-ring (bicyclic) bond motifs is 11. The molecule has 294 valence electrons. The molecule has 1 spiro atoms. The zero-order chi connectivity index (χ0) is 40.3. The standard InChI is InChI=1S/C57H40N4S/c1-2-10-35-26-38(18-17-34(35)9-1)54-58-55(39-19-20-44-43-14-6-8-16-52(43)62-53(44)29-39)60-56(59-54)61-50-28-37-12-4-3-11-36(37)27-46(50)47-30-49-45(31-51(47)61)42-13-5-7-15-48(42)57(49)40-22-32-21-33(24-40)25-41(57)23-32/h1-20,26-33,40-41H,21-25H2. The lowest BCUT2D eigenvalue weighted by Gasteiger charge is -2.61. The van der Waals surface area contributed by atoms with Crippen molar-refractivity contribution in [1.29, 1.82) is 0 Å². The van der Waals surface area contributed by atoms with Crippen molar-refractivity contribution in [2.24, 2.45) is 23.7 Å². The number of thiophene rings is 1. The van der Waals surface area contributed by atoms with Crippen LogP contribution in [-0.4, -0.2) is 19.5 Å². The van der Waals surface area contributed by atoms with Crippen LogP contribution in [0.25, 0.3) is 103 Å². The van der Waals surface area contributed by atoms with Gasteiger partial charge in [0.15, 0.2) is 11.6 Å². The molecule has 0 atom stereocenters. The summed E-state index contributed by atoms with van der Waals surface area (Å²) in [6.07, 6.45) is 6.91. The van der Waals surface area contributed by atoms with Crippen molar-refractivity contribution in [1.82, 2.24) is 19.5 Å². The molecule has 0 amide bonds. The van der Waals surface area contributed by atoms with Crippen LogP contribution in [0.3, 0.4) is 0 Å². The Balaban J connectivity index is 1.03. The van der Waals surface area contributed by atoms with E-state index in [4.69, 9.17) is 15.0 Å². The Kier molecular flexibility index (Phi) is 6.70. The van der Waals surface area contributed by atoms with Gasteiger partial charge in [-0.1, -0.05) is 115 Å². The lowest BCUT2D eigenvalue weighted by atomic mass is 9.43. The van der Waals surface area contributed by atoms with Gasteiger partial charge in [0.2, 0.25) is 5.95 Å². The van der Waals surface area contributed by atoms with E-state index in [-0.39, 0.29) is 5.41 Å². The van der Waals surface area contributed by atoms with Gasteiger partial charge in [-0.3, -0.25) is 4.57 Å². The van der Waals surface area contributed by atoms with Gasteiger partial charge >= 0.3 is 0 Å². The molecule has 4 saturated carbocycles. The number of hydrogen-bond donors (Lipinski definition) is 0. The van der Waals surface area contributed by atoms with Crippen LogP contribution in [-0.2, 0) is 5.41 Å². The quantitative estimate of drug-likeness (QED) is 0.178. The first-order valence-electron chi connectivity index (χ1n) is 22.4. The summed E-state index contributed by atoms with van der Waals surface area (Å²) in [6.45, 7) is 0. The highest BCUT2D eigenvalue weighted by molar-refractivity contribution is 7.25. The molecule has 5 heteroatoms. The SMILES string of the molecule is c1ccc2c(c1)-c1cc3c(cc1C21C2CC4CC(C2)CC1C4)c1cc2ccccc2cc1n3-c1nc(-c2ccc3ccccc3c2)nc(-c2ccc3c(c2)sc2ccccc23)n1. The van der Waals surface area contributed by atoms with Crippen LogP contribution >= 0.6 is 11.3 Å². The smallest absolute Gasteiger partial charge is 0.238 e. The minimum absolute atomic E-state index is 0.0770. The second kappa shape index (κ2) is 12.2. The minimum atomic E-state index is 0.0770. The first-order valence-corrected chi connectivity index (χ1v) is 23.2. The second-order valence-electron chi connectivity index (χ2n) is 18.8. The van der Waals surface area contributed by atoms with Crippen LogP contribution in [0.2, 0.25) is 0 Å². The van der Waals surface area contributed by atoms with Gasteiger partial charge in [0.25, 0.3) is 0 Å². The lowest BCUT2D eigenvalue weighted by Crippen LogP contribution is -2.55. The minimum Gasteiger partial charge on any atom is -0.278 e. The molecule has 0 unspecified atom stereocenters. The number of nitrogens with zero attached hydrogens (tertiary/aromatic N) is 4. The first-order chi connectivity index (χ1) is 30.6. The van der Waals surface area contributed by atoms with Gasteiger partial charge in [0, 0.05) is 47.5 Å². The maximum absolute atomic E-state index is 5.50. The van der Waals surface area contributed by atoms with E-state index in [0.29, 0.717) is 29.4 Å². The Morgan fingerprint density at radius 2 is 1.05 bits per heavy atom. The van der Waals surface area contributed by atoms with E-state index in [2.05, 4.69) is 162 Å². The van der Waals surface area contributed by atoms with Crippen LogP contribution in [0.1, 0.15) is 43.2 Å². The molecule has 8 aromatic carbocycles. The summed E-state index contributed by atoms with van der Waals surface area (Å²) in [7, 11) is 0. The fourth-order valence-electron chi connectivity index (χ4n) is 13.5. The molecule has 5 aliphatic carbocycles. The largest absolute Gasteiger partial charge is 0.278 e. The van der Waals surface area contributed by atoms with Crippen LogP contribution < -0.4 is 0 Å². The molecule has 0 N–H and O–H groups in total. The maximum atomic E-state index is 5.50. The van der Waals surface area contributed by atoms with Crippen molar-refractivity contribution in [3.05, 3.63) is 169 Å². The molecule has 62 heavy (non-hydrogen) atoms. The topological polar surface area (TPSA) is 43.6 Å². The number of rotatable bonds is 3. The molecule has 0 aliphatic heterocycles. The molecule has 16 rings (SSSR count). The maximum Gasteiger partial charge on any atom is 0.238 e. The fourth-order valence-corrected chi connectivity index (χ4v) is 14.6. The molecule has 0 radical (unpaired) electrons. The average molecular weight is 813 g/mol. The first kappa shape index (κ1) is 34.0. The van der Waals surface area contributed by atoms with Crippen molar-refractivity contribution >= 4 is 74.9 Å². The van der Waals surface area contributed by atoms with E-state index in [1.807, 2.05) is 11.3 Å². The Labute approximate surface area is 362 Å². The zero-order valence-electron chi connectivity index (χ0n) is 34.1. The molecule has 4 fully saturated rings. The number of benzene rings is 8. The number of hydrogen-bond acceptors (Lipinski definition) is 4. The van der Waals surface area contributed by atoms with E-state index in [9.17, 15) is 0 Å². The van der Waals surface area contributed by atoms with E-state index in [1.54, 1.807) is 11.1 Å². The number of aromatic nitrogens is 4. The molecule has 3 aromatic heterocycles. The molecule has 11 aromatic rings. The highest BCUT2D eigenvalue weighted by Crippen LogP contribution is 2.69. The monoisotopic (exact) mass is 812 g/mol. The summed E-state index contributed by atoms with van der Waals surface area (Å²) in [6, 6.07) is 58.7. The van der Waals surface area contributed by atoms with Gasteiger partial charge in [-0.15, -0.1) is 11.3 Å². The van der Waals surface area contributed by atoms with E-state index in [1.165, 1.54) is 90.3 Å². The normalized spacial score (nSPS) is 22.3. The molecular formula is C57H40N4S. The van der Waals surface area contributed by atoms with Crippen LogP contribution in [0.4, 0.5) is 0 Å². The van der Waals surface area contributed by atoms with Gasteiger partial charge in [0.05, 0.1) is 11.0 Å². The average Bonchev–Trinajstić information content (AvgIpc) is 3.94. The van der Waals surface area contributed by atoms with Crippen LogP contribution in [0.15, 0.2) is 158 Å². The summed E-state index contributed by atoms with van der Waals surface area (Å²) in [5, 5.41) is 9.89. The van der Waals surface area contributed by atoms with E-state index < -0.39 is 0 Å². The third-order valence-electron chi connectivity index (χ3n) is 15.8. The van der Waals surface area contributed by atoms with Crippen molar-refractivity contribution in [2.75, 3.05) is 0 Å². The van der Waals surface area contributed by atoms with Gasteiger partial charge < -0.3 is 0 Å². The van der Waals surface area contributed by atoms with Crippen molar-refractivity contribution in [3.63, 3.8) is 0 Å². The molecule has 4 nitrogen and oxygen atoms in total. The van der Waals surface area contributed by atoms with Crippen molar-refractivity contribution in [2.45, 2.75) is 37.5 Å². The molecule has 4 bridgehead atoms. The highest BCUT2D eigenvalue weighted by Gasteiger charge is 2.61. The molecule has 0 saturated heterocycles. The molecule has 5 aliphatic rings. The summed E-state index contributed by atoms with van der Waals surface area (Å²) in [5.41, 5.74) is 10.3. The third-order valence-corrected chi connectivity index (χ3v) is 16.9. The Bertz CT molecular complexity index is 3710. The Morgan fingerprint density at radius 3 is 1.85 bits per heavy atom. The van der Waals surface area contributed by atoms with Gasteiger partial charge in [0.1, 0.15) is 0 Å². The predicted octanol–water partition coefficient (Wildman–Crippen LogP) is 14.7. The van der Waals surface area contributed by atoms with Crippen LogP contribution in [0, 0.1) is 23.7 Å². The lowest BCUT2D eigenvalue weighted by molar-refractivity contribution is -0.0399. The molecular weight excluding hydrogens is 773 g/mol. The third kappa shape index (κ3) is 4.54. The van der Waals surface area contributed by atoms with Gasteiger partial charge in [-0.25, -0.2) is 4.98 Å².